The van der Waals surface area contributed by atoms with Gasteiger partial charge < -0.3 is 11.1 Å². The van der Waals surface area contributed by atoms with Crippen LogP contribution in [0.1, 0.15) is 30.2 Å². The summed E-state index contributed by atoms with van der Waals surface area (Å²) in [6, 6.07) is 8.21. The Morgan fingerprint density at radius 3 is 2.94 bits per heavy atom. The molecule has 3 N–H and O–H groups in total. The highest BCUT2D eigenvalue weighted by Crippen LogP contribution is 2.36. The van der Waals surface area contributed by atoms with Crippen molar-refractivity contribution in [1.29, 1.82) is 0 Å². The number of fused-ring (bicyclic) bond motifs is 1. The van der Waals surface area contributed by atoms with E-state index in [4.69, 9.17) is 5.73 Å². The molecule has 18 heavy (non-hydrogen) atoms. The Morgan fingerprint density at radius 2 is 2.22 bits per heavy atom. The van der Waals surface area contributed by atoms with Gasteiger partial charge in [-0.25, -0.2) is 0 Å². The van der Waals surface area contributed by atoms with Gasteiger partial charge in [-0.05, 0) is 37.1 Å². The first-order valence-electron chi connectivity index (χ1n) is 6.25. The van der Waals surface area contributed by atoms with Crippen LogP contribution in [0.3, 0.4) is 0 Å². The van der Waals surface area contributed by atoms with Gasteiger partial charge in [0.2, 0.25) is 5.91 Å². The number of hydrogen-bond acceptors (Lipinski definition) is 3. The first-order chi connectivity index (χ1) is 8.53. The molecule has 0 aromatic heterocycles. The average molecular weight is 264 g/mol. The summed E-state index contributed by atoms with van der Waals surface area (Å²) in [5.74, 6) is 1.07. The second-order valence-corrected chi connectivity index (χ2v) is 6.49. The second-order valence-electron chi connectivity index (χ2n) is 5.28. The number of nitrogens with two attached hydrogens (primary N) is 1. The lowest BCUT2D eigenvalue weighted by molar-refractivity contribution is -0.122. The van der Waals surface area contributed by atoms with Gasteiger partial charge in [0.1, 0.15) is 5.25 Å². The van der Waals surface area contributed by atoms with Gasteiger partial charge in [-0.2, -0.15) is 0 Å². The van der Waals surface area contributed by atoms with Crippen LogP contribution < -0.4 is 11.1 Å². The molecular weight excluding hydrogens is 244 g/mol. The van der Waals surface area contributed by atoms with E-state index in [1.54, 1.807) is 11.8 Å². The molecule has 98 valence electrons. The Balaban J connectivity index is 2.18. The Kier molecular flexibility index (Phi) is 3.97. The van der Waals surface area contributed by atoms with E-state index >= 15 is 0 Å². The van der Waals surface area contributed by atoms with Crippen LogP contribution in [0, 0.1) is 0 Å². The Hall–Kier alpha value is -1.00. The van der Waals surface area contributed by atoms with Crippen molar-refractivity contribution in [3.8, 4) is 0 Å². The molecule has 0 fully saturated rings. The van der Waals surface area contributed by atoms with Gasteiger partial charge in [-0.15, -0.1) is 11.8 Å². The van der Waals surface area contributed by atoms with Gasteiger partial charge >= 0.3 is 0 Å². The fraction of sp³-hybridized carbons (Fsp3) is 0.500. The maximum atomic E-state index is 12.3. The molecule has 1 aliphatic heterocycles. The highest BCUT2D eigenvalue weighted by Gasteiger charge is 2.29. The lowest BCUT2D eigenvalue weighted by atomic mass is 9.99. The molecule has 3 nitrogen and oxygen atoms in total. The van der Waals surface area contributed by atoms with Crippen molar-refractivity contribution < 1.29 is 4.79 Å². The summed E-state index contributed by atoms with van der Waals surface area (Å²) in [4.78, 5) is 12.3. The normalized spacial score (nSPS) is 19.2. The number of thioether (sulfide) groups is 1. The van der Waals surface area contributed by atoms with Crippen LogP contribution in [0.4, 0.5) is 0 Å². The predicted octanol–water partition coefficient (Wildman–Crippen LogP) is 1.87. The van der Waals surface area contributed by atoms with Crippen LogP contribution in [0.25, 0.3) is 0 Å². The highest BCUT2D eigenvalue weighted by molar-refractivity contribution is 8.00. The molecule has 1 aromatic carbocycles. The zero-order valence-corrected chi connectivity index (χ0v) is 11.7. The largest absolute Gasteiger partial charge is 0.349 e. The van der Waals surface area contributed by atoms with Gasteiger partial charge in [0.05, 0.1) is 0 Å². The highest BCUT2D eigenvalue weighted by atomic mass is 32.2. The van der Waals surface area contributed by atoms with Crippen molar-refractivity contribution in [3.05, 3.63) is 35.4 Å². The zero-order chi connectivity index (χ0) is 13.2. The van der Waals surface area contributed by atoms with Gasteiger partial charge in [-0.1, -0.05) is 24.3 Å². The van der Waals surface area contributed by atoms with Crippen LogP contribution in [0.2, 0.25) is 0 Å². The summed E-state index contributed by atoms with van der Waals surface area (Å²) in [5, 5.41) is 2.94. The molecule has 4 heteroatoms. The number of carbonyl (C=O) groups is 1. The summed E-state index contributed by atoms with van der Waals surface area (Å²) < 4.78 is 0. The van der Waals surface area contributed by atoms with Crippen molar-refractivity contribution in [3.63, 3.8) is 0 Å². The first kappa shape index (κ1) is 13.4. The molecule has 2 rings (SSSR count). The topological polar surface area (TPSA) is 55.1 Å². The number of aryl methyl sites for hydroxylation is 1. The molecule has 1 aromatic rings. The maximum Gasteiger partial charge on any atom is 0.238 e. The van der Waals surface area contributed by atoms with E-state index in [1.807, 2.05) is 26.0 Å². The summed E-state index contributed by atoms with van der Waals surface area (Å²) in [5.41, 5.74) is 7.76. The predicted molar refractivity (Wildman–Crippen MR) is 76.6 cm³/mol. The van der Waals surface area contributed by atoms with Gasteiger partial charge in [-0.3, -0.25) is 4.79 Å². The molecule has 0 spiro atoms. The smallest absolute Gasteiger partial charge is 0.238 e. The molecule has 1 aliphatic rings. The van der Waals surface area contributed by atoms with Crippen molar-refractivity contribution in [2.45, 2.75) is 31.1 Å². The molecule has 1 heterocycles. The van der Waals surface area contributed by atoms with Crippen LogP contribution in [-0.4, -0.2) is 23.7 Å². The monoisotopic (exact) mass is 264 g/mol. The Morgan fingerprint density at radius 1 is 1.50 bits per heavy atom. The van der Waals surface area contributed by atoms with E-state index in [0.29, 0.717) is 6.54 Å². The molecule has 0 aliphatic carbocycles. The molecule has 0 radical (unpaired) electrons. The van der Waals surface area contributed by atoms with Crippen molar-refractivity contribution >= 4 is 17.7 Å². The fourth-order valence-electron chi connectivity index (χ4n) is 2.06. The fourth-order valence-corrected chi connectivity index (χ4v) is 3.25. The SMILES string of the molecule is CC(C)(CN)NC(=O)C1SCCc2ccccc21. The Labute approximate surface area is 113 Å². The second kappa shape index (κ2) is 5.33. The third-order valence-corrected chi connectivity index (χ3v) is 4.44. The van der Waals surface area contributed by atoms with Crippen LogP contribution in [0.15, 0.2) is 24.3 Å². The molecule has 1 unspecified atom stereocenters. The minimum atomic E-state index is -0.343. The molecule has 0 saturated heterocycles. The van der Waals surface area contributed by atoms with E-state index < -0.39 is 0 Å². The first-order valence-corrected chi connectivity index (χ1v) is 7.30. The van der Waals surface area contributed by atoms with Crippen molar-refractivity contribution in [1.82, 2.24) is 5.32 Å². The minimum Gasteiger partial charge on any atom is -0.349 e. The van der Waals surface area contributed by atoms with Crippen LogP contribution >= 0.6 is 11.8 Å². The van der Waals surface area contributed by atoms with E-state index in [-0.39, 0.29) is 16.7 Å². The third kappa shape index (κ3) is 2.87. The number of amides is 1. The van der Waals surface area contributed by atoms with Gasteiger partial charge in [0.25, 0.3) is 0 Å². The molecule has 0 bridgehead atoms. The summed E-state index contributed by atoms with van der Waals surface area (Å²) in [7, 11) is 0. The number of benzene rings is 1. The van der Waals surface area contributed by atoms with Crippen LogP contribution in [0.5, 0.6) is 0 Å². The van der Waals surface area contributed by atoms with E-state index in [0.717, 1.165) is 17.7 Å². The van der Waals surface area contributed by atoms with E-state index in [9.17, 15) is 4.79 Å². The Bertz CT molecular complexity index is 445. The molecule has 0 saturated carbocycles. The standard InChI is InChI=1S/C14H20N2OS/c1-14(2,9-15)16-13(17)12-11-6-4-3-5-10(11)7-8-18-12/h3-6,12H,7-9,15H2,1-2H3,(H,16,17). The van der Waals surface area contributed by atoms with Gasteiger partial charge in [0, 0.05) is 12.1 Å². The van der Waals surface area contributed by atoms with Crippen molar-refractivity contribution in [2.24, 2.45) is 5.73 Å². The van der Waals surface area contributed by atoms with E-state index in [1.165, 1.54) is 5.56 Å². The molecular formula is C14H20N2OS. The third-order valence-electron chi connectivity index (χ3n) is 3.20. The molecule has 1 amide bonds. The molecule has 1 atom stereocenters. The summed E-state index contributed by atoms with van der Waals surface area (Å²) in [6.07, 6.45) is 1.05. The van der Waals surface area contributed by atoms with Crippen molar-refractivity contribution in [2.75, 3.05) is 12.3 Å². The number of rotatable bonds is 3. The number of hydrogen-bond donors (Lipinski definition) is 2. The average Bonchev–Trinajstić information content (AvgIpc) is 2.37. The van der Waals surface area contributed by atoms with Crippen LogP contribution in [-0.2, 0) is 11.2 Å². The lowest BCUT2D eigenvalue weighted by Gasteiger charge is -2.30. The minimum absolute atomic E-state index is 0.0719. The lowest BCUT2D eigenvalue weighted by Crippen LogP contribution is -2.50. The quantitative estimate of drug-likeness (QED) is 0.876. The van der Waals surface area contributed by atoms with E-state index in [2.05, 4.69) is 17.4 Å². The summed E-state index contributed by atoms with van der Waals surface area (Å²) in [6.45, 7) is 4.34. The zero-order valence-electron chi connectivity index (χ0n) is 10.9. The number of nitrogens with one attached hydrogen (secondary N) is 1. The maximum absolute atomic E-state index is 12.3. The summed E-state index contributed by atoms with van der Waals surface area (Å²) >= 11 is 1.71. The van der Waals surface area contributed by atoms with Gasteiger partial charge in [0.15, 0.2) is 0 Å². The number of carbonyl (C=O) groups excluding carboxylic acids is 1.